The van der Waals surface area contributed by atoms with E-state index >= 15 is 0 Å². The first-order chi connectivity index (χ1) is 6.40. The number of carbonyl (C=O) groups is 4. The van der Waals surface area contributed by atoms with Gasteiger partial charge in [0.1, 0.15) is 5.78 Å². The summed E-state index contributed by atoms with van der Waals surface area (Å²) in [5.41, 5.74) is 0. The SMILES string of the molecule is CCC(=O)C(=O)CC(=O)C(C)C(C)=O. The quantitative estimate of drug-likeness (QED) is 0.466. The molecule has 0 fully saturated rings. The van der Waals surface area contributed by atoms with Gasteiger partial charge in [-0.3, -0.25) is 19.2 Å². The fourth-order valence-corrected chi connectivity index (χ4v) is 0.834. The molecule has 0 spiro atoms. The van der Waals surface area contributed by atoms with Crippen LogP contribution in [0, 0.1) is 5.92 Å². The predicted molar refractivity (Wildman–Crippen MR) is 49.8 cm³/mol. The molecule has 0 aromatic rings. The second kappa shape index (κ2) is 5.42. The van der Waals surface area contributed by atoms with Gasteiger partial charge < -0.3 is 0 Å². The zero-order valence-electron chi connectivity index (χ0n) is 8.62. The van der Waals surface area contributed by atoms with Gasteiger partial charge >= 0.3 is 0 Å². The average molecular weight is 198 g/mol. The van der Waals surface area contributed by atoms with E-state index in [4.69, 9.17) is 0 Å². The number of rotatable bonds is 6. The summed E-state index contributed by atoms with van der Waals surface area (Å²) in [6.45, 7) is 4.28. The van der Waals surface area contributed by atoms with E-state index in [1.165, 1.54) is 13.8 Å². The van der Waals surface area contributed by atoms with Crippen LogP contribution in [0.5, 0.6) is 0 Å². The molecule has 4 heteroatoms. The Morgan fingerprint density at radius 3 is 1.93 bits per heavy atom. The summed E-state index contributed by atoms with van der Waals surface area (Å²) < 4.78 is 0. The minimum absolute atomic E-state index is 0.0978. The van der Waals surface area contributed by atoms with E-state index in [1.54, 1.807) is 6.92 Å². The van der Waals surface area contributed by atoms with Crippen LogP contribution in [0.2, 0.25) is 0 Å². The molecule has 0 saturated heterocycles. The molecule has 0 aromatic heterocycles. The van der Waals surface area contributed by atoms with Gasteiger partial charge in [0, 0.05) is 6.42 Å². The Morgan fingerprint density at radius 1 is 1.07 bits per heavy atom. The van der Waals surface area contributed by atoms with E-state index in [-0.39, 0.29) is 12.2 Å². The first-order valence-electron chi connectivity index (χ1n) is 4.49. The third-order valence-electron chi connectivity index (χ3n) is 2.06. The van der Waals surface area contributed by atoms with E-state index < -0.39 is 29.7 Å². The van der Waals surface area contributed by atoms with Gasteiger partial charge in [-0.15, -0.1) is 0 Å². The molecule has 14 heavy (non-hydrogen) atoms. The first kappa shape index (κ1) is 12.7. The third kappa shape index (κ3) is 3.60. The summed E-state index contributed by atoms with van der Waals surface area (Å²) in [6, 6.07) is 0. The zero-order chi connectivity index (χ0) is 11.3. The van der Waals surface area contributed by atoms with Gasteiger partial charge in [0.15, 0.2) is 11.6 Å². The highest BCUT2D eigenvalue weighted by atomic mass is 16.2. The summed E-state index contributed by atoms with van der Waals surface area (Å²) in [4.78, 5) is 43.9. The molecule has 0 aliphatic carbocycles. The molecular weight excluding hydrogens is 184 g/mol. The number of Topliss-reactive ketones (excluding diaryl/α,β-unsaturated/α-hetero) is 4. The minimum atomic E-state index is -0.788. The van der Waals surface area contributed by atoms with Gasteiger partial charge in [0.05, 0.1) is 12.3 Å². The van der Waals surface area contributed by atoms with Crippen molar-refractivity contribution in [1.29, 1.82) is 0 Å². The Balaban J connectivity index is 4.27. The molecule has 0 aliphatic heterocycles. The normalized spacial score (nSPS) is 11.9. The van der Waals surface area contributed by atoms with Gasteiger partial charge in [0.25, 0.3) is 0 Å². The number of ketones is 4. The summed E-state index contributed by atoms with van der Waals surface area (Å²) in [6.07, 6.45) is -0.353. The molecule has 78 valence electrons. The Hall–Kier alpha value is -1.32. The molecule has 0 saturated carbocycles. The second-order valence-electron chi connectivity index (χ2n) is 3.18. The van der Waals surface area contributed by atoms with E-state index in [9.17, 15) is 19.2 Å². The molecule has 4 nitrogen and oxygen atoms in total. The molecule has 0 bridgehead atoms. The Kier molecular flexibility index (Phi) is 4.91. The van der Waals surface area contributed by atoms with Crippen LogP contribution in [0.3, 0.4) is 0 Å². The van der Waals surface area contributed by atoms with Gasteiger partial charge in [-0.1, -0.05) is 6.92 Å². The lowest BCUT2D eigenvalue weighted by molar-refractivity contribution is -0.140. The van der Waals surface area contributed by atoms with Crippen molar-refractivity contribution < 1.29 is 19.2 Å². The van der Waals surface area contributed by atoms with Crippen molar-refractivity contribution in [3.8, 4) is 0 Å². The second-order valence-corrected chi connectivity index (χ2v) is 3.18. The topological polar surface area (TPSA) is 68.3 Å². The molecule has 0 radical (unpaired) electrons. The van der Waals surface area contributed by atoms with Crippen molar-refractivity contribution in [2.45, 2.75) is 33.6 Å². The van der Waals surface area contributed by atoms with E-state index in [0.717, 1.165) is 0 Å². The standard InChI is InChI=1S/C10H14O4/c1-4-8(12)10(14)5-9(13)6(2)7(3)11/h6H,4-5H2,1-3H3. The van der Waals surface area contributed by atoms with E-state index in [2.05, 4.69) is 0 Å². The van der Waals surface area contributed by atoms with E-state index in [0.29, 0.717) is 0 Å². The number of hydrogen-bond donors (Lipinski definition) is 0. The highest BCUT2D eigenvalue weighted by Gasteiger charge is 2.22. The monoisotopic (exact) mass is 198 g/mol. The van der Waals surface area contributed by atoms with Crippen molar-refractivity contribution in [3.05, 3.63) is 0 Å². The summed E-state index contributed by atoms with van der Waals surface area (Å²) >= 11 is 0. The molecule has 1 unspecified atom stereocenters. The molecule has 0 rings (SSSR count). The minimum Gasteiger partial charge on any atom is -0.299 e. The van der Waals surface area contributed by atoms with Crippen LogP contribution in [0.15, 0.2) is 0 Å². The van der Waals surface area contributed by atoms with Gasteiger partial charge in [-0.2, -0.15) is 0 Å². The lowest BCUT2D eigenvalue weighted by atomic mass is 9.97. The molecule has 0 aromatic carbocycles. The lowest BCUT2D eigenvalue weighted by Gasteiger charge is -2.04. The molecular formula is C10H14O4. The van der Waals surface area contributed by atoms with Gasteiger partial charge in [-0.25, -0.2) is 0 Å². The first-order valence-corrected chi connectivity index (χ1v) is 4.49. The molecule has 0 amide bonds. The fraction of sp³-hybridized carbons (Fsp3) is 0.600. The third-order valence-corrected chi connectivity index (χ3v) is 2.06. The highest BCUT2D eigenvalue weighted by Crippen LogP contribution is 2.03. The van der Waals surface area contributed by atoms with E-state index in [1.807, 2.05) is 0 Å². The fourth-order valence-electron chi connectivity index (χ4n) is 0.834. The molecule has 0 N–H and O–H groups in total. The maximum absolute atomic E-state index is 11.2. The average Bonchev–Trinajstić information content (AvgIpc) is 2.14. The van der Waals surface area contributed by atoms with Crippen molar-refractivity contribution in [3.63, 3.8) is 0 Å². The lowest BCUT2D eigenvalue weighted by Crippen LogP contribution is -2.24. The Bertz CT molecular complexity index is 278. The summed E-state index contributed by atoms with van der Waals surface area (Å²) in [7, 11) is 0. The van der Waals surface area contributed by atoms with Crippen molar-refractivity contribution >= 4 is 23.1 Å². The summed E-state index contributed by atoms with van der Waals surface area (Å²) in [5, 5.41) is 0. The van der Waals surface area contributed by atoms with Crippen LogP contribution in [0.1, 0.15) is 33.6 Å². The van der Waals surface area contributed by atoms with Crippen LogP contribution < -0.4 is 0 Å². The largest absolute Gasteiger partial charge is 0.299 e. The highest BCUT2D eigenvalue weighted by molar-refractivity contribution is 6.40. The summed E-state index contributed by atoms with van der Waals surface area (Å²) in [5.74, 6) is -2.82. The van der Waals surface area contributed by atoms with Crippen molar-refractivity contribution in [1.82, 2.24) is 0 Å². The molecule has 1 atom stereocenters. The Labute approximate surface area is 82.7 Å². The Morgan fingerprint density at radius 2 is 1.57 bits per heavy atom. The van der Waals surface area contributed by atoms with Crippen molar-refractivity contribution in [2.75, 3.05) is 0 Å². The van der Waals surface area contributed by atoms with Crippen LogP contribution >= 0.6 is 0 Å². The maximum Gasteiger partial charge on any atom is 0.205 e. The zero-order valence-corrected chi connectivity index (χ0v) is 8.62. The van der Waals surface area contributed by atoms with Crippen molar-refractivity contribution in [2.24, 2.45) is 5.92 Å². The van der Waals surface area contributed by atoms with Gasteiger partial charge in [-0.05, 0) is 13.8 Å². The number of hydrogen-bond acceptors (Lipinski definition) is 4. The van der Waals surface area contributed by atoms with Crippen LogP contribution in [-0.2, 0) is 19.2 Å². The number of carbonyl (C=O) groups excluding carboxylic acids is 4. The van der Waals surface area contributed by atoms with Crippen LogP contribution in [0.4, 0.5) is 0 Å². The maximum atomic E-state index is 11.2. The molecule has 0 aliphatic rings. The van der Waals surface area contributed by atoms with Crippen LogP contribution in [0.25, 0.3) is 0 Å². The predicted octanol–water partition coefficient (Wildman–Crippen LogP) is 0.719. The van der Waals surface area contributed by atoms with Crippen LogP contribution in [-0.4, -0.2) is 23.1 Å². The molecule has 0 heterocycles. The van der Waals surface area contributed by atoms with Gasteiger partial charge in [0.2, 0.25) is 5.78 Å². The smallest absolute Gasteiger partial charge is 0.205 e.